The highest BCUT2D eigenvalue weighted by Gasteiger charge is 2.42. The molecular weight excluding hydrogens is 449 g/mol. The number of aryl methyl sites for hydroxylation is 2. The number of nitrogens with two attached hydrogens (primary N) is 1. The average molecular weight is 477 g/mol. The fraction of sp³-hybridized carbons (Fsp3) is 0.522. The molecule has 8 nitrogen and oxygen atoms in total. The maximum atomic E-state index is 13.5. The molecule has 34 heavy (non-hydrogen) atoms. The lowest BCUT2D eigenvalue weighted by Crippen LogP contribution is -2.39. The number of hydrogen-bond donors (Lipinski definition) is 1. The molecule has 0 spiro atoms. The third kappa shape index (κ3) is 4.02. The highest BCUT2D eigenvalue weighted by molar-refractivity contribution is 5.96. The van der Waals surface area contributed by atoms with Crippen molar-refractivity contribution in [3.63, 3.8) is 0 Å². The fourth-order valence-electron chi connectivity index (χ4n) is 5.00. The topological polar surface area (TPSA) is 92.9 Å². The first kappa shape index (κ1) is 22.7. The highest BCUT2D eigenvalue weighted by atomic mass is 19.4. The zero-order chi connectivity index (χ0) is 24.2. The summed E-state index contributed by atoms with van der Waals surface area (Å²) in [6.45, 7) is 5.29. The van der Waals surface area contributed by atoms with E-state index in [1.807, 2.05) is 19.2 Å². The first-order chi connectivity index (χ1) is 16.1. The third-order valence-electron chi connectivity index (χ3n) is 6.60. The van der Waals surface area contributed by atoms with Gasteiger partial charge in [0.05, 0.1) is 17.3 Å². The number of likely N-dealkylation sites (tertiary alicyclic amines) is 1. The van der Waals surface area contributed by atoms with Gasteiger partial charge in [-0.1, -0.05) is 0 Å². The van der Waals surface area contributed by atoms with Gasteiger partial charge in [-0.15, -0.1) is 0 Å². The number of carbonyl (C=O) groups excluding carboxylic acids is 1. The molecule has 2 N–H and O–H groups in total. The van der Waals surface area contributed by atoms with Gasteiger partial charge in [-0.2, -0.15) is 18.3 Å². The van der Waals surface area contributed by atoms with Gasteiger partial charge >= 0.3 is 6.18 Å². The molecular formula is C23H27F3N6O2. The van der Waals surface area contributed by atoms with Gasteiger partial charge in [-0.3, -0.25) is 4.79 Å². The van der Waals surface area contributed by atoms with Crippen LogP contribution >= 0.6 is 0 Å². The van der Waals surface area contributed by atoms with E-state index in [2.05, 4.69) is 10.00 Å². The van der Waals surface area contributed by atoms with Crippen molar-refractivity contribution in [3.05, 3.63) is 46.7 Å². The molecule has 3 aromatic rings. The fourth-order valence-corrected chi connectivity index (χ4v) is 5.00. The quantitative estimate of drug-likeness (QED) is 0.617. The molecule has 11 heteroatoms. The highest BCUT2D eigenvalue weighted by Crippen LogP contribution is 2.38. The van der Waals surface area contributed by atoms with E-state index in [-0.39, 0.29) is 11.8 Å². The normalized spacial score (nSPS) is 21.6. The molecule has 2 aliphatic rings. The first-order valence-electron chi connectivity index (χ1n) is 11.5. The zero-order valence-corrected chi connectivity index (χ0v) is 19.1. The SMILES string of the molecule is Cc1cc(C(=O)N2CCCC[C@H]2c2cc3nc(N4CC[C@H](N)C4)c(C)cn3n2)c(C(F)(F)F)o1. The van der Waals surface area contributed by atoms with Crippen molar-refractivity contribution in [1.29, 1.82) is 0 Å². The number of amides is 1. The molecule has 2 fully saturated rings. The number of hydrogen-bond acceptors (Lipinski definition) is 6. The molecule has 0 unspecified atom stereocenters. The largest absolute Gasteiger partial charge is 0.456 e. The number of alkyl halides is 3. The van der Waals surface area contributed by atoms with Crippen molar-refractivity contribution in [3.8, 4) is 0 Å². The van der Waals surface area contributed by atoms with Gasteiger partial charge in [0, 0.05) is 43.5 Å². The standard InChI is InChI=1S/C23H27F3N6O2/c1-13-11-32-19(28-21(13)30-8-6-15(27)12-30)10-17(29-32)18-5-3-4-7-31(18)22(33)16-9-14(2)34-20(16)23(24,25)26/h9-11,15,18H,3-8,12,27H2,1-2H3/t15-,18-/m0/s1. The predicted octanol–water partition coefficient (Wildman–Crippen LogP) is 3.86. The van der Waals surface area contributed by atoms with Crippen LogP contribution in [-0.2, 0) is 6.18 Å². The lowest BCUT2D eigenvalue weighted by Gasteiger charge is -2.34. The number of piperidine rings is 1. The zero-order valence-electron chi connectivity index (χ0n) is 19.1. The minimum Gasteiger partial charge on any atom is -0.456 e. The lowest BCUT2D eigenvalue weighted by molar-refractivity contribution is -0.153. The van der Waals surface area contributed by atoms with Crippen LogP contribution in [0.25, 0.3) is 5.65 Å². The maximum absolute atomic E-state index is 13.5. The molecule has 0 bridgehead atoms. The summed E-state index contributed by atoms with van der Waals surface area (Å²) >= 11 is 0. The average Bonchev–Trinajstić information content (AvgIpc) is 3.50. The minimum absolute atomic E-state index is 0.0470. The van der Waals surface area contributed by atoms with E-state index in [9.17, 15) is 18.0 Å². The number of rotatable bonds is 3. The number of carbonyl (C=O) groups is 1. The van der Waals surface area contributed by atoms with Crippen molar-refractivity contribution in [1.82, 2.24) is 19.5 Å². The van der Waals surface area contributed by atoms with Crippen LogP contribution in [0.5, 0.6) is 0 Å². The summed E-state index contributed by atoms with van der Waals surface area (Å²) in [5, 5.41) is 4.65. The van der Waals surface area contributed by atoms with Crippen LogP contribution in [0.4, 0.5) is 19.0 Å². The van der Waals surface area contributed by atoms with Crippen molar-refractivity contribution < 1.29 is 22.4 Å². The Morgan fingerprint density at radius 3 is 2.68 bits per heavy atom. The van der Waals surface area contributed by atoms with Crippen LogP contribution in [0.3, 0.4) is 0 Å². The number of aromatic nitrogens is 3. The molecule has 0 radical (unpaired) electrons. The monoisotopic (exact) mass is 476 g/mol. The number of halogens is 3. The Morgan fingerprint density at radius 1 is 1.18 bits per heavy atom. The summed E-state index contributed by atoms with van der Waals surface area (Å²) in [5.74, 6) is -1.04. The summed E-state index contributed by atoms with van der Waals surface area (Å²) in [6.07, 6.45) is 0.224. The van der Waals surface area contributed by atoms with E-state index in [4.69, 9.17) is 15.1 Å². The molecule has 5 heterocycles. The minimum atomic E-state index is -4.75. The summed E-state index contributed by atoms with van der Waals surface area (Å²) in [5.41, 5.74) is 7.80. The Labute approximate surface area is 194 Å². The molecule has 2 saturated heterocycles. The van der Waals surface area contributed by atoms with Gasteiger partial charge in [-0.25, -0.2) is 9.50 Å². The second-order valence-corrected chi connectivity index (χ2v) is 9.22. The van der Waals surface area contributed by atoms with Crippen molar-refractivity contribution in [2.24, 2.45) is 5.73 Å². The van der Waals surface area contributed by atoms with E-state index >= 15 is 0 Å². The molecule has 0 aliphatic carbocycles. The van der Waals surface area contributed by atoms with Crippen LogP contribution < -0.4 is 10.6 Å². The summed E-state index contributed by atoms with van der Waals surface area (Å²) in [6, 6.07) is 2.66. The van der Waals surface area contributed by atoms with Crippen LogP contribution in [-0.4, -0.2) is 51.1 Å². The summed E-state index contributed by atoms with van der Waals surface area (Å²) in [7, 11) is 0. The molecule has 2 atom stereocenters. The maximum Gasteiger partial charge on any atom is 0.450 e. The molecule has 1 amide bonds. The van der Waals surface area contributed by atoms with Gasteiger partial charge < -0.3 is 20.0 Å². The third-order valence-corrected chi connectivity index (χ3v) is 6.60. The molecule has 5 rings (SSSR count). The van der Waals surface area contributed by atoms with Gasteiger partial charge in [0.1, 0.15) is 11.6 Å². The Balaban J connectivity index is 1.48. The number of fused-ring (bicyclic) bond motifs is 1. The molecule has 2 aliphatic heterocycles. The van der Waals surface area contributed by atoms with E-state index in [1.165, 1.54) is 17.9 Å². The van der Waals surface area contributed by atoms with Crippen molar-refractivity contribution in [2.45, 2.75) is 57.8 Å². The van der Waals surface area contributed by atoms with Crippen molar-refractivity contribution in [2.75, 3.05) is 24.5 Å². The number of anilines is 1. The predicted molar refractivity (Wildman–Crippen MR) is 119 cm³/mol. The second kappa shape index (κ2) is 8.30. The van der Waals surface area contributed by atoms with Gasteiger partial charge in [0.15, 0.2) is 5.65 Å². The van der Waals surface area contributed by atoms with Crippen LogP contribution in [0, 0.1) is 13.8 Å². The molecule has 3 aromatic heterocycles. The van der Waals surface area contributed by atoms with Gasteiger partial charge in [-0.05, 0) is 45.6 Å². The Bertz CT molecular complexity index is 1230. The summed E-state index contributed by atoms with van der Waals surface area (Å²) < 4.78 is 46.9. The van der Waals surface area contributed by atoms with Crippen LogP contribution in [0.2, 0.25) is 0 Å². The van der Waals surface area contributed by atoms with E-state index in [0.29, 0.717) is 30.7 Å². The van der Waals surface area contributed by atoms with E-state index < -0.39 is 29.4 Å². The molecule has 0 aromatic carbocycles. The number of nitrogens with zero attached hydrogens (tertiary/aromatic N) is 5. The Morgan fingerprint density at radius 2 is 1.97 bits per heavy atom. The van der Waals surface area contributed by atoms with Crippen LogP contribution in [0.15, 0.2) is 22.7 Å². The van der Waals surface area contributed by atoms with Crippen LogP contribution in [0.1, 0.15) is 64.9 Å². The number of furan rings is 1. The van der Waals surface area contributed by atoms with Gasteiger partial charge in [0.25, 0.3) is 5.91 Å². The molecule has 182 valence electrons. The van der Waals surface area contributed by atoms with Crippen molar-refractivity contribution >= 4 is 17.4 Å². The lowest BCUT2D eigenvalue weighted by atomic mass is 9.98. The van der Waals surface area contributed by atoms with E-state index in [0.717, 1.165) is 37.3 Å². The van der Waals surface area contributed by atoms with E-state index in [1.54, 1.807) is 4.52 Å². The van der Waals surface area contributed by atoms with Gasteiger partial charge in [0.2, 0.25) is 5.76 Å². The summed E-state index contributed by atoms with van der Waals surface area (Å²) in [4.78, 5) is 21.7. The molecule has 0 saturated carbocycles. The first-order valence-corrected chi connectivity index (χ1v) is 11.5. The Hall–Kier alpha value is -3.08. The smallest absolute Gasteiger partial charge is 0.450 e. The Kier molecular flexibility index (Phi) is 5.54. The second-order valence-electron chi connectivity index (χ2n) is 9.22.